The molecular weight excluding hydrogens is 248 g/mol. The highest BCUT2D eigenvalue weighted by Crippen LogP contribution is 2.36. The van der Waals surface area contributed by atoms with E-state index in [0.717, 1.165) is 18.4 Å². The topological polar surface area (TPSA) is 26.0 Å². The molecule has 1 saturated carbocycles. The van der Waals surface area contributed by atoms with Gasteiger partial charge in [0.2, 0.25) is 0 Å². The van der Waals surface area contributed by atoms with E-state index in [4.69, 9.17) is 17.3 Å². The van der Waals surface area contributed by atoms with Crippen LogP contribution in [-0.2, 0) is 0 Å². The van der Waals surface area contributed by atoms with Gasteiger partial charge in [-0.2, -0.15) is 0 Å². The van der Waals surface area contributed by atoms with Crippen LogP contribution in [0.4, 0.5) is 4.39 Å². The van der Waals surface area contributed by atoms with Gasteiger partial charge in [-0.05, 0) is 42.5 Å². The Balaban J connectivity index is 0.00000128. The molecule has 1 aliphatic carbocycles. The molecule has 1 aliphatic rings. The normalized spacial score (nSPS) is 18.2. The number of benzene rings is 1. The summed E-state index contributed by atoms with van der Waals surface area (Å²) in [6.07, 6.45) is 4.72. The van der Waals surface area contributed by atoms with Crippen LogP contribution in [0.3, 0.4) is 0 Å². The van der Waals surface area contributed by atoms with Gasteiger partial charge in [-0.1, -0.05) is 24.4 Å². The van der Waals surface area contributed by atoms with Crippen molar-refractivity contribution in [3.63, 3.8) is 0 Å². The molecule has 2 rings (SSSR count). The second kappa shape index (κ2) is 5.85. The molecule has 1 nitrogen and oxygen atoms in total. The molecule has 0 spiro atoms. The van der Waals surface area contributed by atoms with E-state index in [-0.39, 0.29) is 24.3 Å². The van der Waals surface area contributed by atoms with Crippen LogP contribution < -0.4 is 5.73 Å². The predicted octanol–water partition coefficient (Wildman–Crippen LogP) is 4.09. The maximum atomic E-state index is 13.1. The van der Waals surface area contributed by atoms with Crippen LogP contribution in [0.25, 0.3) is 0 Å². The second-order valence-corrected chi connectivity index (χ2v) is 4.64. The van der Waals surface area contributed by atoms with Crippen molar-refractivity contribution in [1.29, 1.82) is 0 Å². The highest BCUT2D eigenvalue weighted by Gasteiger charge is 2.24. The Morgan fingerprint density at radius 2 is 1.94 bits per heavy atom. The maximum Gasteiger partial charge on any atom is 0.123 e. The van der Waals surface area contributed by atoms with E-state index in [2.05, 4.69) is 0 Å². The molecule has 16 heavy (non-hydrogen) atoms. The van der Waals surface area contributed by atoms with Gasteiger partial charge < -0.3 is 5.73 Å². The number of nitrogens with two attached hydrogens (primary N) is 1. The first-order valence-electron chi connectivity index (χ1n) is 5.39. The molecule has 0 saturated heterocycles. The zero-order valence-electron chi connectivity index (χ0n) is 8.96. The molecule has 90 valence electrons. The van der Waals surface area contributed by atoms with Gasteiger partial charge in [0.15, 0.2) is 0 Å². The molecule has 0 amide bonds. The van der Waals surface area contributed by atoms with Crippen molar-refractivity contribution in [1.82, 2.24) is 0 Å². The Labute approximate surface area is 107 Å². The fraction of sp³-hybridized carbons (Fsp3) is 0.500. The molecule has 4 heteroatoms. The van der Waals surface area contributed by atoms with Crippen LogP contribution in [0.2, 0.25) is 5.02 Å². The minimum atomic E-state index is -0.261. The van der Waals surface area contributed by atoms with Gasteiger partial charge in [0, 0.05) is 11.1 Å². The van der Waals surface area contributed by atoms with Crippen LogP contribution in [-0.4, -0.2) is 0 Å². The quantitative estimate of drug-likeness (QED) is 0.855. The minimum absolute atomic E-state index is 0. The second-order valence-electron chi connectivity index (χ2n) is 4.24. The third-order valence-corrected chi connectivity index (χ3v) is 3.57. The van der Waals surface area contributed by atoms with E-state index in [9.17, 15) is 4.39 Å². The molecule has 1 aromatic carbocycles. The Morgan fingerprint density at radius 3 is 2.56 bits per heavy atom. The Hall–Kier alpha value is -0.310. The molecule has 0 unspecified atom stereocenters. The SMILES string of the molecule is Cl.N[C@H](c1cc(F)ccc1Cl)C1CCCC1. The van der Waals surface area contributed by atoms with Crippen molar-refractivity contribution < 1.29 is 4.39 Å². The van der Waals surface area contributed by atoms with Crippen molar-refractivity contribution in [3.05, 3.63) is 34.6 Å². The summed E-state index contributed by atoms with van der Waals surface area (Å²) < 4.78 is 13.1. The molecule has 0 bridgehead atoms. The summed E-state index contributed by atoms with van der Waals surface area (Å²) in [6.45, 7) is 0. The molecule has 0 radical (unpaired) electrons. The lowest BCUT2D eigenvalue weighted by molar-refractivity contribution is 0.443. The van der Waals surface area contributed by atoms with Gasteiger partial charge in [-0.3, -0.25) is 0 Å². The van der Waals surface area contributed by atoms with Crippen molar-refractivity contribution in [2.24, 2.45) is 11.7 Å². The summed E-state index contributed by atoms with van der Waals surface area (Å²) in [7, 11) is 0. The summed E-state index contributed by atoms with van der Waals surface area (Å²) in [5, 5.41) is 0.579. The first kappa shape index (κ1) is 13.8. The van der Waals surface area contributed by atoms with E-state index in [1.165, 1.54) is 25.0 Å². The van der Waals surface area contributed by atoms with E-state index in [1.54, 1.807) is 6.07 Å². The highest BCUT2D eigenvalue weighted by atomic mass is 35.5. The summed E-state index contributed by atoms with van der Waals surface area (Å²) in [4.78, 5) is 0. The molecule has 2 N–H and O–H groups in total. The molecular formula is C12H16Cl2FN. The standard InChI is InChI=1S/C12H15ClFN.ClH/c13-11-6-5-9(14)7-10(11)12(15)8-3-1-2-4-8;/h5-8,12H,1-4,15H2;1H/t12-;/m0./s1. The van der Waals surface area contributed by atoms with Crippen molar-refractivity contribution in [3.8, 4) is 0 Å². The van der Waals surface area contributed by atoms with E-state index in [1.807, 2.05) is 0 Å². The van der Waals surface area contributed by atoms with Crippen molar-refractivity contribution in [2.75, 3.05) is 0 Å². The number of rotatable bonds is 2. The monoisotopic (exact) mass is 263 g/mol. The van der Waals surface area contributed by atoms with Gasteiger partial charge in [0.05, 0.1) is 0 Å². The molecule has 1 aromatic rings. The van der Waals surface area contributed by atoms with Crippen LogP contribution >= 0.6 is 24.0 Å². The lowest BCUT2D eigenvalue weighted by Crippen LogP contribution is -2.19. The smallest absolute Gasteiger partial charge is 0.123 e. The third-order valence-electron chi connectivity index (χ3n) is 3.22. The summed E-state index contributed by atoms with van der Waals surface area (Å²) in [5.74, 6) is 0.201. The maximum absolute atomic E-state index is 13.1. The summed E-state index contributed by atoms with van der Waals surface area (Å²) in [6, 6.07) is 4.30. The summed E-state index contributed by atoms with van der Waals surface area (Å²) >= 11 is 6.02. The van der Waals surface area contributed by atoms with E-state index in [0.29, 0.717) is 10.9 Å². The lowest BCUT2D eigenvalue weighted by Gasteiger charge is -2.20. The van der Waals surface area contributed by atoms with Crippen molar-refractivity contribution >= 4 is 24.0 Å². The van der Waals surface area contributed by atoms with Gasteiger partial charge in [-0.15, -0.1) is 12.4 Å². The third kappa shape index (κ3) is 2.88. The van der Waals surface area contributed by atoms with Gasteiger partial charge in [0.25, 0.3) is 0 Å². The fourth-order valence-electron chi connectivity index (χ4n) is 2.34. The average molecular weight is 264 g/mol. The lowest BCUT2D eigenvalue weighted by atomic mass is 9.92. The predicted molar refractivity (Wildman–Crippen MR) is 67.5 cm³/mol. The average Bonchev–Trinajstić information content (AvgIpc) is 2.74. The van der Waals surface area contributed by atoms with Crippen LogP contribution in [0, 0.1) is 11.7 Å². The molecule has 1 atom stereocenters. The minimum Gasteiger partial charge on any atom is -0.324 e. The molecule has 1 fully saturated rings. The largest absolute Gasteiger partial charge is 0.324 e. The number of hydrogen-bond acceptors (Lipinski definition) is 1. The van der Waals surface area contributed by atoms with E-state index >= 15 is 0 Å². The van der Waals surface area contributed by atoms with Gasteiger partial charge >= 0.3 is 0 Å². The van der Waals surface area contributed by atoms with E-state index < -0.39 is 0 Å². The Morgan fingerprint density at radius 1 is 1.31 bits per heavy atom. The number of halogens is 3. The Bertz CT molecular complexity index is 351. The Kier molecular flexibility index (Phi) is 5.03. The van der Waals surface area contributed by atoms with Crippen LogP contribution in [0.15, 0.2) is 18.2 Å². The summed E-state index contributed by atoms with van der Waals surface area (Å²) in [5.41, 5.74) is 6.87. The fourth-order valence-corrected chi connectivity index (χ4v) is 2.58. The highest BCUT2D eigenvalue weighted by molar-refractivity contribution is 6.31. The van der Waals surface area contributed by atoms with Gasteiger partial charge in [-0.25, -0.2) is 4.39 Å². The molecule has 0 heterocycles. The molecule has 0 aliphatic heterocycles. The first-order valence-corrected chi connectivity index (χ1v) is 5.77. The molecule has 0 aromatic heterocycles. The zero-order chi connectivity index (χ0) is 10.8. The zero-order valence-corrected chi connectivity index (χ0v) is 10.5. The van der Waals surface area contributed by atoms with Crippen molar-refractivity contribution in [2.45, 2.75) is 31.7 Å². The van der Waals surface area contributed by atoms with Crippen LogP contribution in [0.5, 0.6) is 0 Å². The first-order chi connectivity index (χ1) is 7.18. The van der Waals surface area contributed by atoms with Crippen LogP contribution in [0.1, 0.15) is 37.3 Å². The number of hydrogen-bond donors (Lipinski definition) is 1. The van der Waals surface area contributed by atoms with Gasteiger partial charge in [0.1, 0.15) is 5.82 Å².